The van der Waals surface area contributed by atoms with Gasteiger partial charge in [0.2, 0.25) is 5.91 Å². The first-order valence-corrected chi connectivity index (χ1v) is 8.05. The number of amides is 1. The maximum Gasteiger partial charge on any atom is 0.246 e. The molecule has 0 aliphatic rings. The molecule has 0 saturated heterocycles. The lowest BCUT2D eigenvalue weighted by molar-refractivity contribution is -0.116. The van der Waals surface area contributed by atoms with E-state index in [4.69, 9.17) is 4.74 Å². The van der Waals surface area contributed by atoms with Crippen molar-refractivity contribution in [1.29, 1.82) is 0 Å². The SMILES string of the molecule is CCOc1ccccc1NC(C)C(=O)Nc1ccc(Br)cc1F. The molecule has 2 rings (SSSR count). The molecule has 23 heavy (non-hydrogen) atoms. The molecule has 0 radical (unpaired) electrons. The van der Waals surface area contributed by atoms with Crippen LogP contribution < -0.4 is 15.4 Å². The molecule has 0 aliphatic carbocycles. The zero-order valence-corrected chi connectivity index (χ0v) is 14.5. The summed E-state index contributed by atoms with van der Waals surface area (Å²) in [7, 11) is 0. The van der Waals surface area contributed by atoms with Crippen LogP contribution in [-0.2, 0) is 4.79 Å². The molecule has 0 heterocycles. The van der Waals surface area contributed by atoms with E-state index in [0.717, 1.165) is 0 Å². The first-order valence-electron chi connectivity index (χ1n) is 7.25. The van der Waals surface area contributed by atoms with Gasteiger partial charge in [0.1, 0.15) is 17.6 Å². The van der Waals surface area contributed by atoms with E-state index in [1.165, 1.54) is 12.1 Å². The maximum absolute atomic E-state index is 13.8. The van der Waals surface area contributed by atoms with Crippen molar-refractivity contribution in [3.8, 4) is 5.75 Å². The molecule has 0 saturated carbocycles. The summed E-state index contributed by atoms with van der Waals surface area (Å²) in [5, 5.41) is 5.65. The molecule has 1 atom stereocenters. The van der Waals surface area contributed by atoms with Crippen molar-refractivity contribution in [2.45, 2.75) is 19.9 Å². The second-order valence-electron chi connectivity index (χ2n) is 4.91. The van der Waals surface area contributed by atoms with Gasteiger partial charge in [-0.05, 0) is 44.2 Å². The molecule has 2 N–H and O–H groups in total. The summed E-state index contributed by atoms with van der Waals surface area (Å²) in [5.41, 5.74) is 0.859. The lowest BCUT2D eigenvalue weighted by atomic mass is 10.2. The van der Waals surface area contributed by atoms with E-state index in [-0.39, 0.29) is 11.6 Å². The molecule has 2 aromatic rings. The van der Waals surface area contributed by atoms with Crippen molar-refractivity contribution in [2.75, 3.05) is 17.2 Å². The number of para-hydroxylation sites is 2. The Kier molecular flexibility index (Phi) is 5.98. The van der Waals surface area contributed by atoms with Crippen LogP contribution in [-0.4, -0.2) is 18.6 Å². The minimum Gasteiger partial charge on any atom is -0.492 e. The molecule has 1 amide bonds. The zero-order chi connectivity index (χ0) is 16.8. The highest BCUT2D eigenvalue weighted by atomic mass is 79.9. The van der Waals surface area contributed by atoms with Crippen molar-refractivity contribution in [2.24, 2.45) is 0 Å². The monoisotopic (exact) mass is 380 g/mol. The highest BCUT2D eigenvalue weighted by Gasteiger charge is 2.16. The van der Waals surface area contributed by atoms with Gasteiger partial charge in [0.15, 0.2) is 0 Å². The number of carbonyl (C=O) groups is 1. The van der Waals surface area contributed by atoms with E-state index in [2.05, 4.69) is 26.6 Å². The Bertz CT molecular complexity index is 694. The Labute approximate surface area is 143 Å². The molecule has 0 bridgehead atoms. The van der Waals surface area contributed by atoms with E-state index in [1.807, 2.05) is 31.2 Å². The summed E-state index contributed by atoms with van der Waals surface area (Å²) in [6, 6.07) is 11.3. The molecular formula is C17H18BrFN2O2. The quantitative estimate of drug-likeness (QED) is 0.779. The molecule has 0 aromatic heterocycles. The van der Waals surface area contributed by atoms with Gasteiger partial charge < -0.3 is 15.4 Å². The maximum atomic E-state index is 13.8. The van der Waals surface area contributed by atoms with Crippen LogP contribution in [0.15, 0.2) is 46.9 Å². The van der Waals surface area contributed by atoms with Crippen LogP contribution in [0.5, 0.6) is 5.75 Å². The van der Waals surface area contributed by atoms with Crippen molar-refractivity contribution in [3.05, 3.63) is 52.8 Å². The number of hydrogen-bond donors (Lipinski definition) is 2. The van der Waals surface area contributed by atoms with E-state index in [0.29, 0.717) is 22.5 Å². The Morgan fingerprint density at radius 3 is 2.70 bits per heavy atom. The van der Waals surface area contributed by atoms with Gasteiger partial charge in [0, 0.05) is 4.47 Å². The Morgan fingerprint density at radius 1 is 1.26 bits per heavy atom. The number of carbonyl (C=O) groups excluding carboxylic acids is 1. The number of rotatable bonds is 6. The first-order chi connectivity index (χ1) is 11.0. The summed E-state index contributed by atoms with van der Waals surface area (Å²) >= 11 is 3.18. The number of nitrogens with one attached hydrogen (secondary N) is 2. The second kappa shape index (κ2) is 7.97. The van der Waals surface area contributed by atoms with Crippen LogP contribution in [0.3, 0.4) is 0 Å². The molecule has 6 heteroatoms. The van der Waals surface area contributed by atoms with Gasteiger partial charge in [0.25, 0.3) is 0 Å². The van der Waals surface area contributed by atoms with Gasteiger partial charge in [-0.2, -0.15) is 0 Å². The number of ether oxygens (including phenoxy) is 1. The van der Waals surface area contributed by atoms with E-state index >= 15 is 0 Å². The van der Waals surface area contributed by atoms with Crippen LogP contribution in [0.2, 0.25) is 0 Å². The Balaban J connectivity index is 2.05. The zero-order valence-electron chi connectivity index (χ0n) is 12.9. The lowest BCUT2D eigenvalue weighted by Gasteiger charge is -2.18. The smallest absolute Gasteiger partial charge is 0.246 e. The fourth-order valence-electron chi connectivity index (χ4n) is 2.00. The molecular weight excluding hydrogens is 363 g/mol. The van der Waals surface area contributed by atoms with Gasteiger partial charge >= 0.3 is 0 Å². The summed E-state index contributed by atoms with van der Waals surface area (Å²) in [4.78, 5) is 12.2. The fourth-order valence-corrected chi connectivity index (χ4v) is 2.33. The predicted octanol–water partition coefficient (Wildman–Crippen LogP) is 4.43. The van der Waals surface area contributed by atoms with E-state index in [9.17, 15) is 9.18 Å². The van der Waals surface area contributed by atoms with Gasteiger partial charge in [-0.25, -0.2) is 4.39 Å². The van der Waals surface area contributed by atoms with Crippen molar-refractivity contribution >= 4 is 33.2 Å². The molecule has 1 unspecified atom stereocenters. The molecule has 122 valence electrons. The normalized spacial score (nSPS) is 11.7. The molecule has 0 spiro atoms. The number of halogens is 2. The highest BCUT2D eigenvalue weighted by Crippen LogP contribution is 2.25. The molecule has 0 aliphatic heterocycles. The van der Waals surface area contributed by atoms with Gasteiger partial charge in [-0.15, -0.1) is 0 Å². The Morgan fingerprint density at radius 2 is 2.00 bits per heavy atom. The largest absolute Gasteiger partial charge is 0.492 e. The van der Waals surface area contributed by atoms with Crippen molar-refractivity contribution in [1.82, 2.24) is 0 Å². The highest BCUT2D eigenvalue weighted by molar-refractivity contribution is 9.10. The number of hydrogen-bond acceptors (Lipinski definition) is 3. The average molecular weight is 381 g/mol. The second-order valence-corrected chi connectivity index (χ2v) is 5.82. The van der Waals surface area contributed by atoms with Crippen LogP contribution in [0.25, 0.3) is 0 Å². The van der Waals surface area contributed by atoms with Gasteiger partial charge in [-0.1, -0.05) is 28.1 Å². The van der Waals surface area contributed by atoms with E-state index < -0.39 is 11.9 Å². The van der Waals surface area contributed by atoms with Crippen LogP contribution in [0.4, 0.5) is 15.8 Å². The van der Waals surface area contributed by atoms with Crippen LogP contribution in [0, 0.1) is 5.82 Å². The molecule has 0 fully saturated rings. The van der Waals surface area contributed by atoms with Crippen molar-refractivity contribution in [3.63, 3.8) is 0 Å². The van der Waals surface area contributed by atoms with E-state index in [1.54, 1.807) is 13.0 Å². The minimum absolute atomic E-state index is 0.143. The number of benzene rings is 2. The van der Waals surface area contributed by atoms with Crippen LogP contribution >= 0.6 is 15.9 Å². The third-order valence-corrected chi connectivity index (χ3v) is 3.63. The standard InChI is InChI=1S/C17H18BrFN2O2/c1-3-23-16-7-5-4-6-15(16)20-11(2)17(22)21-14-9-8-12(18)10-13(14)19/h4-11,20H,3H2,1-2H3,(H,21,22). The predicted molar refractivity (Wildman–Crippen MR) is 93.4 cm³/mol. The van der Waals surface area contributed by atoms with Gasteiger partial charge in [0.05, 0.1) is 18.0 Å². The average Bonchev–Trinajstić information content (AvgIpc) is 2.52. The third-order valence-electron chi connectivity index (χ3n) is 3.14. The number of anilines is 2. The first kappa shape index (κ1) is 17.3. The Hall–Kier alpha value is -2.08. The summed E-state index contributed by atoms with van der Waals surface area (Å²) in [6.45, 7) is 4.13. The van der Waals surface area contributed by atoms with Crippen LogP contribution in [0.1, 0.15) is 13.8 Å². The molecule has 2 aromatic carbocycles. The lowest BCUT2D eigenvalue weighted by Crippen LogP contribution is -2.32. The topological polar surface area (TPSA) is 50.4 Å². The van der Waals surface area contributed by atoms with Gasteiger partial charge in [-0.3, -0.25) is 4.79 Å². The minimum atomic E-state index is -0.556. The van der Waals surface area contributed by atoms with Crippen molar-refractivity contribution < 1.29 is 13.9 Å². The third kappa shape index (κ3) is 4.69. The fraction of sp³-hybridized carbons (Fsp3) is 0.235. The summed E-state index contributed by atoms with van der Waals surface area (Å²) < 4.78 is 19.9. The summed E-state index contributed by atoms with van der Waals surface area (Å²) in [5.74, 6) is -0.156. The molecule has 4 nitrogen and oxygen atoms in total. The summed E-state index contributed by atoms with van der Waals surface area (Å²) in [6.07, 6.45) is 0.